The summed E-state index contributed by atoms with van der Waals surface area (Å²) in [5, 5.41) is 0. The molecule has 0 aliphatic carbocycles. The fourth-order valence-electron chi connectivity index (χ4n) is 0. The molecule has 0 aliphatic heterocycles. The Morgan fingerprint density at radius 3 is 0.333 bits per heavy atom. The Balaban J connectivity index is 0. The Bertz CT molecular complexity index is 11.0. The van der Waals surface area contributed by atoms with E-state index in [1.54, 1.807) is 0 Å². The second-order valence-electron chi connectivity index (χ2n) is 0. The van der Waals surface area contributed by atoms with Crippen molar-refractivity contribution in [2.45, 2.75) is 0 Å². The molecule has 0 atom stereocenters. The van der Waals surface area contributed by atoms with Gasteiger partial charge in [-0.05, 0) is 0 Å². The molecule has 72 valence electrons. The summed E-state index contributed by atoms with van der Waals surface area (Å²) in [5.74, 6) is 0. The van der Waals surface area contributed by atoms with E-state index >= 15 is 0 Å². The van der Waals surface area contributed by atoms with Crippen LogP contribution in [0, 0.1) is 0 Å². The van der Waals surface area contributed by atoms with Gasteiger partial charge in [-0.3, -0.25) is 0 Å². The Morgan fingerprint density at radius 2 is 0.333 bits per heavy atom. The molecule has 0 rings (SSSR count). The van der Waals surface area contributed by atoms with Gasteiger partial charge in [0.05, 0.1) is 0 Å². The molecule has 0 radical (unpaired) electrons. The van der Waals surface area contributed by atoms with Crippen molar-refractivity contribution in [1.82, 2.24) is 36.9 Å². The third kappa shape index (κ3) is 439. The molecule has 0 amide bonds. The molecule has 6 nitrogen and oxygen atoms in total. The molecule has 0 saturated heterocycles. The van der Waals surface area contributed by atoms with Gasteiger partial charge in [-0.25, -0.2) is 0 Å². The van der Waals surface area contributed by atoms with Crippen LogP contribution in [-0.4, -0.2) is 0 Å². The van der Waals surface area contributed by atoms with Crippen LogP contribution < -0.4 is 61.7 Å². The van der Waals surface area contributed by atoms with Gasteiger partial charge in [0, 0.05) is 0 Å². The Morgan fingerprint density at radius 1 is 0.333 bits per heavy atom. The summed E-state index contributed by atoms with van der Waals surface area (Å²) in [6.07, 6.45) is 0. The van der Waals surface area contributed by atoms with E-state index in [4.69, 9.17) is 0 Å². The molecule has 0 bridgehead atoms. The molecule has 0 aromatic carbocycles. The fraction of sp³-hybridized carbons (Fsp3) is 0. The molecule has 0 unspecified atom stereocenters. The normalized spacial score (nSPS) is 0. The van der Waals surface area contributed by atoms with Gasteiger partial charge in [0.1, 0.15) is 0 Å². The molecule has 0 aliphatic rings. The predicted molar refractivity (Wildman–Crippen MR) is 30.1 cm³/mol. The topological polar surface area (TPSA) is 210 Å². The molecular formula is H18Cl2N6Pd. The average Bonchev–Trinajstić information content (AvgIpc) is 0. The van der Waals surface area contributed by atoms with Crippen molar-refractivity contribution in [2.24, 2.45) is 0 Å². The van der Waals surface area contributed by atoms with Crippen molar-refractivity contribution in [3.63, 3.8) is 0 Å². The van der Waals surface area contributed by atoms with Gasteiger partial charge in [-0.15, -0.1) is 0 Å². The summed E-state index contributed by atoms with van der Waals surface area (Å²) in [5.41, 5.74) is 0. The van der Waals surface area contributed by atoms with Crippen molar-refractivity contribution in [2.75, 3.05) is 0 Å². The first-order valence-corrected chi connectivity index (χ1v) is 0. The van der Waals surface area contributed by atoms with Crippen LogP contribution in [0.5, 0.6) is 0 Å². The van der Waals surface area contributed by atoms with Gasteiger partial charge in [0.2, 0.25) is 0 Å². The number of rotatable bonds is 0. The van der Waals surface area contributed by atoms with E-state index in [1.165, 1.54) is 0 Å². The second-order valence-corrected chi connectivity index (χ2v) is 0. The molecule has 9 heteroatoms. The van der Waals surface area contributed by atoms with Crippen LogP contribution in [0.3, 0.4) is 0 Å². The van der Waals surface area contributed by atoms with Crippen molar-refractivity contribution >= 4 is 0 Å². The average molecular weight is 280 g/mol. The molecule has 0 saturated carbocycles. The fourth-order valence-corrected chi connectivity index (χ4v) is 0. The maximum atomic E-state index is 0. The summed E-state index contributed by atoms with van der Waals surface area (Å²) in [4.78, 5) is 0. The standard InChI is InChI=1S/2ClH.6H3N.Pd/h2*1H;6*1H3;/q;;;;;;;;+2/p-2. The van der Waals surface area contributed by atoms with Crippen molar-refractivity contribution < 1.29 is 45.2 Å². The first-order valence-electron chi connectivity index (χ1n) is 0. The Kier molecular flexibility index (Phi) is 51400. The van der Waals surface area contributed by atoms with E-state index in [0.717, 1.165) is 0 Å². The molecule has 0 spiro atoms. The van der Waals surface area contributed by atoms with Crippen LogP contribution in [0.1, 0.15) is 0 Å². The molecule has 0 aromatic heterocycles. The number of hydrogen-bond acceptors (Lipinski definition) is 6. The monoisotopic (exact) mass is 278 g/mol. The summed E-state index contributed by atoms with van der Waals surface area (Å²) >= 11 is 0. The van der Waals surface area contributed by atoms with Gasteiger partial charge in [0.25, 0.3) is 0 Å². The van der Waals surface area contributed by atoms with Crippen LogP contribution in [0.2, 0.25) is 0 Å². The van der Waals surface area contributed by atoms with E-state index in [0.29, 0.717) is 0 Å². The summed E-state index contributed by atoms with van der Waals surface area (Å²) in [7, 11) is 0. The SMILES string of the molecule is N.N.N.N.N.N.[Cl-].[Cl-].[Pd+2]. The zero-order valence-corrected chi connectivity index (χ0v) is 8.38. The third-order valence-corrected chi connectivity index (χ3v) is 0. The third-order valence-electron chi connectivity index (χ3n) is 0. The minimum atomic E-state index is 0. The molecule has 0 fully saturated rings. The van der Waals surface area contributed by atoms with E-state index in [2.05, 4.69) is 0 Å². The largest absolute Gasteiger partial charge is 2.00 e. The second kappa shape index (κ2) is 574. The van der Waals surface area contributed by atoms with Crippen LogP contribution in [0.15, 0.2) is 0 Å². The van der Waals surface area contributed by atoms with Crippen molar-refractivity contribution in [3.8, 4) is 0 Å². The van der Waals surface area contributed by atoms with Crippen molar-refractivity contribution in [3.05, 3.63) is 0 Å². The molecule has 18 N–H and O–H groups in total. The van der Waals surface area contributed by atoms with E-state index in [-0.39, 0.29) is 82.1 Å². The van der Waals surface area contributed by atoms with Crippen LogP contribution in [0.25, 0.3) is 0 Å². The molecule has 0 aromatic rings. The predicted octanol–water partition coefficient (Wildman–Crippen LogP) is -5.02. The maximum absolute atomic E-state index is 0. The quantitative estimate of drug-likeness (QED) is 0.239. The van der Waals surface area contributed by atoms with Gasteiger partial charge in [0.15, 0.2) is 0 Å². The first kappa shape index (κ1) is 807. The summed E-state index contributed by atoms with van der Waals surface area (Å²) in [6, 6.07) is 0. The van der Waals surface area contributed by atoms with Gasteiger partial charge >= 0.3 is 20.4 Å². The first-order chi connectivity index (χ1) is 0. The molecule has 9 heavy (non-hydrogen) atoms. The molecular weight excluding hydrogens is 261 g/mol. The van der Waals surface area contributed by atoms with Crippen LogP contribution in [-0.2, 0) is 20.4 Å². The van der Waals surface area contributed by atoms with Gasteiger partial charge in [-0.2, -0.15) is 0 Å². The van der Waals surface area contributed by atoms with Gasteiger partial charge < -0.3 is 61.7 Å². The van der Waals surface area contributed by atoms with E-state index in [1.807, 2.05) is 0 Å². The summed E-state index contributed by atoms with van der Waals surface area (Å²) < 4.78 is 0. The maximum Gasteiger partial charge on any atom is 2.00 e. The Labute approximate surface area is 82.3 Å². The van der Waals surface area contributed by atoms with Gasteiger partial charge in [-0.1, -0.05) is 0 Å². The van der Waals surface area contributed by atoms with E-state index in [9.17, 15) is 0 Å². The Hall–Kier alpha value is 1.00. The summed E-state index contributed by atoms with van der Waals surface area (Å²) in [6.45, 7) is 0. The minimum Gasteiger partial charge on any atom is -1.00 e. The van der Waals surface area contributed by atoms with E-state index < -0.39 is 0 Å². The number of halogens is 2. The molecule has 0 heterocycles. The zero-order valence-electron chi connectivity index (χ0n) is 5.31. The van der Waals surface area contributed by atoms with Crippen LogP contribution >= 0.6 is 0 Å². The smallest absolute Gasteiger partial charge is 1.00 e. The van der Waals surface area contributed by atoms with Crippen molar-refractivity contribution in [1.29, 1.82) is 0 Å². The zero-order chi connectivity index (χ0) is 0. The van der Waals surface area contributed by atoms with Crippen LogP contribution in [0.4, 0.5) is 0 Å². The number of hydrogen-bond donors (Lipinski definition) is 6. The minimum absolute atomic E-state index is 0.